The van der Waals surface area contributed by atoms with Crippen LogP contribution in [0.3, 0.4) is 0 Å². The Morgan fingerprint density at radius 1 is 1.19 bits per heavy atom. The van der Waals surface area contributed by atoms with Crippen LogP contribution in [-0.2, 0) is 26.1 Å². The maximum absolute atomic E-state index is 6.26. The molecule has 0 heterocycles. The van der Waals surface area contributed by atoms with Gasteiger partial charge in [-0.1, -0.05) is 60.8 Å². The maximum Gasteiger partial charge on any atom is 0.162 e. The van der Waals surface area contributed by atoms with Crippen molar-refractivity contribution in [1.82, 2.24) is 0 Å². The topological polar surface area (TPSA) is 0 Å². The summed E-state index contributed by atoms with van der Waals surface area (Å²) in [5.41, 5.74) is 3.54. The first-order valence-electron chi connectivity index (χ1n) is 5.34. The fourth-order valence-corrected chi connectivity index (χ4v) is 2.60. The molecule has 0 saturated carbocycles. The molecule has 0 aliphatic heterocycles. The van der Waals surface area contributed by atoms with Crippen molar-refractivity contribution in [2.75, 3.05) is 0 Å². The van der Waals surface area contributed by atoms with Crippen molar-refractivity contribution in [3.05, 3.63) is 41.5 Å². The van der Waals surface area contributed by atoms with Gasteiger partial charge in [-0.2, -0.15) is 0 Å². The van der Waals surface area contributed by atoms with E-state index in [1.54, 1.807) is 0 Å². The third kappa shape index (κ3) is 2.74. The summed E-state index contributed by atoms with van der Waals surface area (Å²) >= 11 is 12.5. The van der Waals surface area contributed by atoms with Crippen LogP contribution in [0.2, 0.25) is 0 Å². The Morgan fingerprint density at radius 2 is 1.88 bits per heavy atom. The summed E-state index contributed by atoms with van der Waals surface area (Å²) in [6.45, 7) is 2.19. The second kappa shape index (κ2) is 5.73. The van der Waals surface area contributed by atoms with Crippen LogP contribution in [0.25, 0.3) is 5.57 Å². The molecule has 0 bridgehead atoms. The standard InChI is InChI=1S/C13H14Cl2.Ti/c1-2-3-6-10-9-13(14,15)12-8-5-4-7-11(10)12;/h4-5,7-9H,2-3,6H2,1H3;. The first kappa shape index (κ1) is 14.3. The molecule has 0 fully saturated rings. The summed E-state index contributed by atoms with van der Waals surface area (Å²) in [5.74, 6) is 0. The summed E-state index contributed by atoms with van der Waals surface area (Å²) in [6, 6.07) is 8.12. The maximum atomic E-state index is 6.26. The van der Waals surface area contributed by atoms with Crippen LogP contribution in [0.15, 0.2) is 30.3 Å². The van der Waals surface area contributed by atoms with E-state index >= 15 is 0 Å². The molecule has 1 aliphatic rings. The Labute approximate surface area is 122 Å². The van der Waals surface area contributed by atoms with Crippen LogP contribution in [0.5, 0.6) is 0 Å². The van der Waals surface area contributed by atoms with Crippen molar-refractivity contribution in [3.8, 4) is 0 Å². The predicted octanol–water partition coefficient (Wildman–Crippen LogP) is 4.90. The molecule has 0 unspecified atom stereocenters. The van der Waals surface area contributed by atoms with Gasteiger partial charge in [0.25, 0.3) is 0 Å². The van der Waals surface area contributed by atoms with Crippen molar-refractivity contribution in [2.24, 2.45) is 0 Å². The van der Waals surface area contributed by atoms with Gasteiger partial charge in [0.05, 0.1) is 0 Å². The van der Waals surface area contributed by atoms with E-state index in [-0.39, 0.29) is 21.7 Å². The molecule has 0 atom stereocenters. The second-order valence-electron chi connectivity index (χ2n) is 3.94. The normalized spacial score (nSPS) is 16.3. The van der Waals surface area contributed by atoms with E-state index in [4.69, 9.17) is 23.2 Å². The van der Waals surface area contributed by atoms with Gasteiger partial charge in [0.15, 0.2) is 4.33 Å². The Bertz CT molecular complexity index is 397. The molecule has 0 saturated heterocycles. The van der Waals surface area contributed by atoms with Crippen molar-refractivity contribution < 1.29 is 21.7 Å². The number of benzene rings is 1. The Balaban J connectivity index is 0.00000128. The number of halogens is 2. The van der Waals surface area contributed by atoms with Crippen LogP contribution >= 0.6 is 23.2 Å². The molecule has 16 heavy (non-hydrogen) atoms. The summed E-state index contributed by atoms with van der Waals surface area (Å²) in [7, 11) is 0. The molecule has 0 spiro atoms. The fraction of sp³-hybridized carbons (Fsp3) is 0.385. The summed E-state index contributed by atoms with van der Waals surface area (Å²) in [4.78, 5) is 0. The van der Waals surface area contributed by atoms with Gasteiger partial charge in [0.2, 0.25) is 0 Å². The van der Waals surface area contributed by atoms with Gasteiger partial charge in [-0.15, -0.1) is 0 Å². The molecule has 1 aromatic rings. The van der Waals surface area contributed by atoms with Crippen LogP contribution in [0.1, 0.15) is 37.3 Å². The molecule has 2 rings (SSSR count). The van der Waals surface area contributed by atoms with Gasteiger partial charge in [0, 0.05) is 21.7 Å². The van der Waals surface area contributed by atoms with Gasteiger partial charge < -0.3 is 0 Å². The van der Waals surface area contributed by atoms with Crippen LogP contribution < -0.4 is 0 Å². The largest absolute Gasteiger partial charge is 0.162 e. The fourth-order valence-electron chi connectivity index (χ4n) is 2.00. The van der Waals surface area contributed by atoms with E-state index in [0.29, 0.717) is 0 Å². The van der Waals surface area contributed by atoms with Crippen LogP contribution in [-0.4, -0.2) is 0 Å². The predicted molar refractivity (Wildman–Crippen MR) is 67.3 cm³/mol. The minimum absolute atomic E-state index is 0. The van der Waals surface area contributed by atoms with Gasteiger partial charge in [-0.05, 0) is 35.6 Å². The quantitative estimate of drug-likeness (QED) is 0.548. The Kier molecular flexibility index (Phi) is 5.13. The first-order chi connectivity index (χ1) is 7.15. The SMILES string of the molecule is CCCCC1=CC(Cl)(Cl)c2ccccc21.[Ti]. The number of allylic oxidation sites excluding steroid dienone is 2. The molecule has 3 heteroatoms. The molecular formula is C13H14Cl2Ti. The van der Waals surface area contributed by atoms with E-state index in [2.05, 4.69) is 13.0 Å². The zero-order valence-corrected chi connectivity index (χ0v) is 12.3. The minimum Gasteiger partial charge on any atom is -0.0915 e. The third-order valence-electron chi connectivity index (χ3n) is 2.79. The van der Waals surface area contributed by atoms with Gasteiger partial charge >= 0.3 is 0 Å². The third-order valence-corrected chi connectivity index (χ3v) is 3.41. The van der Waals surface area contributed by atoms with Gasteiger partial charge in [0.1, 0.15) is 0 Å². The molecule has 84 valence electrons. The molecule has 0 N–H and O–H groups in total. The zero-order valence-electron chi connectivity index (χ0n) is 9.26. The summed E-state index contributed by atoms with van der Waals surface area (Å²) in [6.07, 6.45) is 5.42. The van der Waals surface area contributed by atoms with Crippen molar-refractivity contribution in [1.29, 1.82) is 0 Å². The zero-order chi connectivity index (χ0) is 10.9. The molecule has 0 amide bonds. The van der Waals surface area contributed by atoms with E-state index < -0.39 is 4.33 Å². The molecule has 1 aliphatic carbocycles. The van der Waals surface area contributed by atoms with E-state index in [0.717, 1.165) is 12.0 Å². The van der Waals surface area contributed by atoms with Gasteiger partial charge in [-0.3, -0.25) is 0 Å². The number of fused-ring (bicyclic) bond motifs is 1. The number of hydrogen-bond acceptors (Lipinski definition) is 0. The van der Waals surface area contributed by atoms with Crippen LogP contribution in [0, 0.1) is 0 Å². The summed E-state index contributed by atoms with van der Waals surface area (Å²) in [5, 5.41) is 0. The number of rotatable bonds is 3. The van der Waals surface area contributed by atoms with E-state index in [1.807, 2.05) is 24.3 Å². The molecule has 0 nitrogen and oxygen atoms in total. The van der Waals surface area contributed by atoms with E-state index in [1.165, 1.54) is 24.0 Å². The Morgan fingerprint density at radius 3 is 2.56 bits per heavy atom. The number of alkyl halides is 2. The Hall–Kier alpha value is 0.254. The average Bonchev–Trinajstić information content (AvgIpc) is 2.49. The average molecular weight is 289 g/mol. The molecule has 0 radical (unpaired) electrons. The molecule has 0 aromatic heterocycles. The summed E-state index contributed by atoms with van der Waals surface area (Å²) < 4.78 is -0.820. The van der Waals surface area contributed by atoms with Gasteiger partial charge in [-0.25, -0.2) is 0 Å². The minimum atomic E-state index is -0.820. The van der Waals surface area contributed by atoms with E-state index in [9.17, 15) is 0 Å². The monoisotopic (exact) mass is 288 g/mol. The smallest absolute Gasteiger partial charge is 0.0915 e. The van der Waals surface area contributed by atoms with Crippen molar-refractivity contribution >= 4 is 28.8 Å². The van der Waals surface area contributed by atoms with Crippen molar-refractivity contribution in [3.63, 3.8) is 0 Å². The van der Waals surface area contributed by atoms with Crippen LogP contribution in [0.4, 0.5) is 0 Å². The molecule has 1 aromatic carbocycles. The number of hydrogen-bond donors (Lipinski definition) is 0. The molecular weight excluding hydrogens is 275 g/mol. The second-order valence-corrected chi connectivity index (χ2v) is 5.33. The van der Waals surface area contributed by atoms with Crippen molar-refractivity contribution in [2.45, 2.75) is 30.5 Å². The number of unbranched alkanes of at least 4 members (excludes halogenated alkanes) is 1. The first-order valence-corrected chi connectivity index (χ1v) is 6.10.